The first-order valence-corrected chi connectivity index (χ1v) is 10.7. The Kier molecular flexibility index (Phi) is 5.67. The molecule has 1 heterocycles. The summed E-state index contributed by atoms with van der Waals surface area (Å²) in [6.07, 6.45) is 1.80. The molecule has 0 radical (unpaired) electrons. The molecule has 144 valence electrons. The molecule has 1 aliphatic rings. The molecule has 1 N–H and O–H groups in total. The fraction of sp³-hybridized carbons (Fsp3) is 0.381. The van der Waals surface area contributed by atoms with Gasteiger partial charge < -0.3 is 5.32 Å². The maximum atomic E-state index is 12.6. The van der Waals surface area contributed by atoms with Gasteiger partial charge in [-0.05, 0) is 42.7 Å². The second-order valence-corrected chi connectivity index (χ2v) is 9.51. The normalized spacial score (nSPS) is 15.6. The van der Waals surface area contributed by atoms with Crippen LogP contribution in [-0.2, 0) is 15.4 Å². The molecule has 2 aromatic rings. The minimum atomic E-state index is -3.45. The van der Waals surface area contributed by atoms with Crippen LogP contribution in [0.2, 0.25) is 0 Å². The molecule has 2 aromatic carbocycles. The number of hydrogen-bond acceptors (Lipinski definition) is 3. The highest BCUT2D eigenvalue weighted by Crippen LogP contribution is 2.23. The lowest BCUT2D eigenvalue weighted by atomic mass is 9.84. The van der Waals surface area contributed by atoms with E-state index in [9.17, 15) is 13.2 Å². The van der Waals surface area contributed by atoms with Crippen molar-refractivity contribution >= 4 is 15.9 Å². The molecular weight excluding hydrogens is 360 g/mol. The van der Waals surface area contributed by atoms with Gasteiger partial charge in [0.2, 0.25) is 10.0 Å². The van der Waals surface area contributed by atoms with Crippen molar-refractivity contribution in [1.82, 2.24) is 9.62 Å². The van der Waals surface area contributed by atoms with Crippen molar-refractivity contribution < 1.29 is 13.2 Å². The van der Waals surface area contributed by atoms with E-state index >= 15 is 0 Å². The third kappa shape index (κ3) is 4.39. The van der Waals surface area contributed by atoms with Crippen LogP contribution in [0.15, 0.2) is 59.5 Å². The van der Waals surface area contributed by atoms with Crippen molar-refractivity contribution in [2.45, 2.75) is 37.0 Å². The second kappa shape index (κ2) is 7.82. The van der Waals surface area contributed by atoms with E-state index in [0.29, 0.717) is 25.2 Å². The molecule has 6 heteroatoms. The molecule has 27 heavy (non-hydrogen) atoms. The van der Waals surface area contributed by atoms with Crippen molar-refractivity contribution in [3.8, 4) is 0 Å². The molecule has 1 fully saturated rings. The molecule has 0 saturated carbocycles. The number of carbonyl (C=O) groups excluding carboxylic acids is 1. The van der Waals surface area contributed by atoms with Crippen LogP contribution in [0.3, 0.4) is 0 Å². The number of sulfonamides is 1. The first kappa shape index (κ1) is 19.6. The molecule has 0 unspecified atom stereocenters. The lowest BCUT2D eigenvalue weighted by Crippen LogP contribution is -2.36. The highest BCUT2D eigenvalue weighted by Gasteiger charge is 2.27. The van der Waals surface area contributed by atoms with Crippen LogP contribution in [-0.4, -0.2) is 38.3 Å². The lowest BCUT2D eigenvalue weighted by Gasteiger charge is -2.25. The van der Waals surface area contributed by atoms with Crippen molar-refractivity contribution in [3.05, 3.63) is 65.7 Å². The monoisotopic (exact) mass is 386 g/mol. The van der Waals surface area contributed by atoms with E-state index in [1.165, 1.54) is 16.4 Å². The Morgan fingerprint density at radius 1 is 1.00 bits per heavy atom. The predicted molar refractivity (Wildman–Crippen MR) is 106 cm³/mol. The summed E-state index contributed by atoms with van der Waals surface area (Å²) in [6, 6.07) is 16.2. The maximum Gasteiger partial charge on any atom is 0.251 e. The maximum absolute atomic E-state index is 12.6. The fourth-order valence-electron chi connectivity index (χ4n) is 3.25. The van der Waals surface area contributed by atoms with Crippen molar-refractivity contribution in [2.75, 3.05) is 19.6 Å². The van der Waals surface area contributed by atoms with E-state index in [2.05, 4.69) is 19.2 Å². The average molecular weight is 387 g/mol. The van der Waals surface area contributed by atoms with Crippen LogP contribution in [0.4, 0.5) is 0 Å². The first-order valence-electron chi connectivity index (χ1n) is 9.25. The molecule has 0 atom stereocenters. The van der Waals surface area contributed by atoms with Gasteiger partial charge in [0, 0.05) is 30.6 Å². The number of benzene rings is 2. The smallest absolute Gasteiger partial charge is 0.251 e. The highest BCUT2D eigenvalue weighted by molar-refractivity contribution is 7.89. The summed E-state index contributed by atoms with van der Waals surface area (Å²) >= 11 is 0. The minimum Gasteiger partial charge on any atom is -0.351 e. The Hall–Kier alpha value is -2.18. The third-order valence-corrected chi connectivity index (χ3v) is 6.98. The SMILES string of the molecule is CC(C)(CNC(=O)c1ccc(S(=O)(=O)N2CCCC2)cc1)c1ccccc1. The summed E-state index contributed by atoms with van der Waals surface area (Å²) < 4.78 is 26.6. The van der Waals surface area contributed by atoms with Crippen LogP contribution in [0.25, 0.3) is 0 Å². The van der Waals surface area contributed by atoms with E-state index in [1.54, 1.807) is 12.1 Å². The largest absolute Gasteiger partial charge is 0.351 e. The standard InChI is InChI=1S/C21H26N2O3S/c1-21(2,18-8-4-3-5-9-18)16-22-20(24)17-10-12-19(13-11-17)27(25,26)23-14-6-7-15-23/h3-5,8-13H,6-7,14-16H2,1-2H3,(H,22,24). The molecule has 5 nitrogen and oxygen atoms in total. The summed E-state index contributed by atoms with van der Waals surface area (Å²) in [5.41, 5.74) is 1.41. The van der Waals surface area contributed by atoms with Crippen LogP contribution in [0, 0.1) is 0 Å². The molecular formula is C21H26N2O3S. The van der Waals surface area contributed by atoms with Gasteiger partial charge >= 0.3 is 0 Å². The minimum absolute atomic E-state index is 0.198. The number of nitrogens with zero attached hydrogens (tertiary/aromatic N) is 1. The number of hydrogen-bond donors (Lipinski definition) is 1. The third-order valence-electron chi connectivity index (χ3n) is 5.07. The summed E-state index contributed by atoms with van der Waals surface area (Å²) in [5, 5.41) is 2.95. The van der Waals surface area contributed by atoms with E-state index < -0.39 is 10.0 Å². The van der Waals surface area contributed by atoms with Crippen LogP contribution >= 0.6 is 0 Å². The zero-order valence-electron chi connectivity index (χ0n) is 15.8. The van der Waals surface area contributed by atoms with Gasteiger partial charge in [-0.2, -0.15) is 4.31 Å². The molecule has 0 bridgehead atoms. The van der Waals surface area contributed by atoms with Gasteiger partial charge in [0.15, 0.2) is 0 Å². The summed E-state index contributed by atoms with van der Waals surface area (Å²) in [5.74, 6) is -0.205. The summed E-state index contributed by atoms with van der Waals surface area (Å²) in [6.45, 7) is 5.78. The van der Waals surface area contributed by atoms with Crippen molar-refractivity contribution in [3.63, 3.8) is 0 Å². The number of nitrogens with one attached hydrogen (secondary N) is 1. The van der Waals surface area contributed by atoms with Gasteiger partial charge in [-0.15, -0.1) is 0 Å². The quantitative estimate of drug-likeness (QED) is 0.829. The molecule has 0 spiro atoms. The van der Waals surface area contributed by atoms with Gasteiger partial charge in [0.05, 0.1) is 4.90 Å². The van der Waals surface area contributed by atoms with E-state index in [4.69, 9.17) is 0 Å². The Balaban J connectivity index is 1.66. The zero-order valence-corrected chi connectivity index (χ0v) is 16.6. The van der Waals surface area contributed by atoms with Gasteiger partial charge in [-0.3, -0.25) is 4.79 Å². The van der Waals surface area contributed by atoms with Gasteiger partial charge in [0.25, 0.3) is 5.91 Å². The first-order chi connectivity index (χ1) is 12.8. The average Bonchev–Trinajstić information content (AvgIpc) is 3.23. The molecule has 1 aliphatic heterocycles. The van der Waals surface area contributed by atoms with Gasteiger partial charge in [0.1, 0.15) is 0 Å². The van der Waals surface area contributed by atoms with Crippen LogP contribution < -0.4 is 5.32 Å². The van der Waals surface area contributed by atoms with E-state index in [1.807, 2.05) is 30.3 Å². The Morgan fingerprint density at radius 2 is 1.59 bits per heavy atom. The van der Waals surface area contributed by atoms with E-state index in [-0.39, 0.29) is 16.2 Å². The highest BCUT2D eigenvalue weighted by atomic mass is 32.2. The Labute approximate surface area is 161 Å². The Bertz CT molecular complexity index is 885. The fourth-order valence-corrected chi connectivity index (χ4v) is 4.77. The summed E-state index contributed by atoms with van der Waals surface area (Å²) in [7, 11) is -3.45. The molecule has 1 saturated heterocycles. The zero-order chi connectivity index (χ0) is 19.5. The lowest BCUT2D eigenvalue weighted by molar-refractivity contribution is 0.0945. The van der Waals surface area contributed by atoms with Crippen molar-refractivity contribution in [1.29, 1.82) is 0 Å². The molecule has 3 rings (SSSR count). The van der Waals surface area contributed by atoms with Crippen molar-refractivity contribution in [2.24, 2.45) is 0 Å². The topological polar surface area (TPSA) is 66.5 Å². The number of rotatable bonds is 6. The summed E-state index contributed by atoms with van der Waals surface area (Å²) in [4.78, 5) is 12.7. The molecule has 1 amide bonds. The molecule has 0 aromatic heterocycles. The predicted octanol–water partition coefficient (Wildman–Crippen LogP) is 3.18. The van der Waals surface area contributed by atoms with Gasteiger partial charge in [-0.25, -0.2) is 8.42 Å². The Morgan fingerprint density at radius 3 is 2.19 bits per heavy atom. The number of amides is 1. The molecule has 0 aliphatic carbocycles. The van der Waals surface area contributed by atoms with Crippen LogP contribution in [0.1, 0.15) is 42.6 Å². The van der Waals surface area contributed by atoms with Gasteiger partial charge in [-0.1, -0.05) is 44.2 Å². The van der Waals surface area contributed by atoms with E-state index in [0.717, 1.165) is 18.4 Å². The van der Waals surface area contributed by atoms with Crippen LogP contribution in [0.5, 0.6) is 0 Å². The number of carbonyl (C=O) groups is 1. The second-order valence-electron chi connectivity index (χ2n) is 7.57.